The number of hydrogen-bond acceptors (Lipinski definition) is 5. The predicted molar refractivity (Wildman–Crippen MR) is 111 cm³/mol. The first-order valence-electron chi connectivity index (χ1n) is 10.1. The first-order valence-corrected chi connectivity index (χ1v) is 11.5. The maximum atomic E-state index is 12.8. The largest absolute Gasteiger partial charge is 0.481 e. The third kappa shape index (κ3) is 7.10. The van der Waals surface area contributed by atoms with Gasteiger partial charge in [0.2, 0.25) is 21.8 Å². The maximum absolute atomic E-state index is 12.8. The van der Waals surface area contributed by atoms with Gasteiger partial charge in [-0.3, -0.25) is 14.4 Å². The van der Waals surface area contributed by atoms with Crippen LogP contribution in [0.3, 0.4) is 0 Å². The summed E-state index contributed by atoms with van der Waals surface area (Å²) < 4.78 is 27.0. The summed E-state index contributed by atoms with van der Waals surface area (Å²) >= 11 is 0. The van der Waals surface area contributed by atoms with E-state index in [0.29, 0.717) is 31.5 Å². The lowest BCUT2D eigenvalue weighted by Crippen LogP contribution is -2.43. The van der Waals surface area contributed by atoms with Crippen molar-refractivity contribution in [3.63, 3.8) is 0 Å². The number of unbranched alkanes of at least 4 members (excludes halogenated alkanes) is 2. The zero-order valence-electron chi connectivity index (χ0n) is 17.1. The number of carbonyl (C=O) groups excluding carboxylic acids is 2. The van der Waals surface area contributed by atoms with E-state index in [1.54, 1.807) is 12.1 Å². The van der Waals surface area contributed by atoms with Gasteiger partial charge < -0.3 is 15.7 Å². The average Bonchev–Trinajstić information content (AvgIpc) is 2.70. The highest BCUT2D eigenvalue weighted by Gasteiger charge is 2.31. The molecule has 166 valence electrons. The van der Waals surface area contributed by atoms with Gasteiger partial charge in [-0.05, 0) is 49.9 Å². The van der Waals surface area contributed by atoms with Crippen LogP contribution in [-0.4, -0.2) is 55.2 Å². The number of nitrogens with one attached hydrogen (secondary N) is 2. The third-order valence-corrected chi connectivity index (χ3v) is 6.92. The highest BCUT2D eigenvalue weighted by molar-refractivity contribution is 7.89. The average molecular weight is 440 g/mol. The molecule has 1 aliphatic rings. The molecule has 10 heteroatoms. The number of nitrogens with zero attached hydrogens (tertiary/aromatic N) is 1. The lowest BCUT2D eigenvalue weighted by Gasteiger charge is -2.30. The number of amides is 2. The van der Waals surface area contributed by atoms with Gasteiger partial charge in [0.25, 0.3) is 0 Å². The van der Waals surface area contributed by atoms with Crippen LogP contribution < -0.4 is 10.6 Å². The third-order valence-electron chi connectivity index (χ3n) is 5.00. The minimum absolute atomic E-state index is 0.0788. The first-order chi connectivity index (χ1) is 14.2. The molecule has 1 heterocycles. The fourth-order valence-electron chi connectivity index (χ4n) is 3.35. The Morgan fingerprint density at radius 3 is 2.27 bits per heavy atom. The fraction of sp³-hybridized carbons (Fsp3) is 0.550. The Kier molecular flexibility index (Phi) is 8.79. The second-order valence-corrected chi connectivity index (χ2v) is 9.32. The summed E-state index contributed by atoms with van der Waals surface area (Å²) in [6.07, 6.45) is 3.09. The quantitative estimate of drug-likeness (QED) is 0.476. The number of carboxylic acid groups (broad SMARTS) is 1. The van der Waals surface area contributed by atoms with Crippen LogP contribution in [0.2, 0.25) is 0 Å². The van der Waals surface area contributed by atoms with E-state index < -0.39 is 16.0 Å². The fourth-order valence-corrected chi connectivity index (χ4v) is 4.82. The number of hydrogen-bond donors (Lipinski definition) is 3. The van der Waals surface area contributed by atoms with Crippen LogP contribution in [0.5, 0.6) is 0 Å². The number of carbonyl (C=O) groups is 3. The molecule has 0 unspecified atom stereocenters. The van der Waals surface area contributed by atoms with E-state index in [9.17, 15) is 22.8 Å². The van der Waals surface area contributed by atoms with E-state index in [2.05, 4.69) is 10.6 Å². The number of carboxylic acids is 1. The maximum Gasteiger partial charge on any atom is 0.303 e. The van der Waals surface area contributed by atoms with E-state index in [-0.39, 0.29) is 42.1 Å². The van der Waals surface area contributed by atoms with Crippen LogP contribution in [0.25, 0.3) is 0 Å². The molecular formula is C20H29N3O6S. The molecule has 0 atom stereocenters. The van der Waals surface area contributed by atoms with E-state index >= 15 is 0 Å². The van der Waals surface area contributed by atoms with Gasteiger partial charge in [-0.25, -0.2) is 8.42 Å². The SMILES string of the molecule is CC(=O)Nc1ccc(S(=O)(=O)N2CCC(C(=O)NCCCCCC(=O)O)CC2)cc1. The normalized spacial score (nSPS) is 15.5. The Bertz CT molecular complexity index is 846. The summed E-state index contributed by atoms with van der Waals surface area (Å²) in [6, 6.07) is 6.02. The van der Waals surface area contributed by atoms with Gasteiger partial charge in [0.15, 0.2) is 0 Å². The Hall–Kier alpha value is -2.46. The molecule has 1 saturated heterocycles. The molecule has 0 spiro atoms. The number of aliphatic carboxylic acids is 1. The molecule has 0 bridgehead atoms. The number of sulfonamides is 1. The smallest absolute Gasteiger partial charge is 0.303 e. The van der Waals surface area contributed by atoms with Crippen LogP contribution in [-0.2, 0) is 24.4 Å². The topological polar surface area (TPSA) is 133 Å². The van der Waals surface area contributed by atoms with Crippen LogP contribution >= 0.6 is 0 Å². The van der Waals surface area contributed by atoms with Crippen molar-refractivity contribution in [2.45, 2.75) is 50.3 Å². The molecule has 30 heavy (non-hydrogen) atoms. The summed E-state index contributed by atoms with van der Waals surface area (Å²) in [5, 5.41) is 14.0. The molecule has 3 N–H and O–H groups in total. The molecule has 0 aromatic heterocycles. The van der Waals surface area contributed by atoms with Crippen molar-refractivity contribution in [2.75, 3.05) is 25.0 Å². The van der Waals surface area contributed by atoms with Gasteiger partial charge in [0.05, 0.1) is 4.90 Å². The minimum atomic E-state index is -3.65. The molecule has 9 nitrogen and oxygen atoms in total. The van der Waals surface area contributed by atoms with Gasteiger partial charge in [-0.2, -0.15) is 4.31 Å². The predicted octanol–water partition coefficient (Wildman–Crippen LogP) is 1.81. The monoisotopic (exact) mass is 439 g/mol. The number of benzene rings is 1. The minimum Gasteiger partial charge on any atom is -0.481 e. The van der Waals surface area contributed by atoms with E-state index in [1.807, 2.05) is 0 Å². The molecule has 2 amide bonds. The van der Waals surface area contributed by atoms with E-state index in [1.165, 1.54) is 23.4 Å². The molecule has 1 aromatic carbocycles. The summed E-state index contributed by atoms with van der Waals surface area (Å²) in [7, 11) is -3.65. The Labute approximate surface area is 176 Å². The molecule has 0 aliphatic carbocycles. The Balaban J connectivity index is 1.79. The lowest BCUT2D eigenvalue weighted by atomic mass is 9.97. The zero-order chi connectivity index (χ0) is 22.1. The Morgan fingerprint density at radius 1 is 1.07 bits per heavy atom. The summed E-state index contributed by atoms with van der Waals surface area (Å²) in [5.41, 5.74) is 0.528. The molecular weight excluding hydrogens is 410 g/mol. The zero-order valence-corrected chi connectivity index (χ0v) is 17.9. The van der Waals surface area contributed by atoms with Gasteiger partial charge in [0, 0.05) is 44.6 Å². The molecule has 1 aromatic rings. The summed E-state index contributed by atoms with van der Waals surface area (Å²) in [5.74, 6) is -1.35. The first kappa shape index (κ1) is 23.8. The standard InChI is InChI=1S/C20H29N3O6S/c1-15(24)22-17-6-8-18(9-7-17)30(28,29)23-13-10-16(11-14-23)20(27)21-12-4-2-3-5-19(25)26/h6-9,16H,2-5,10-14H2,1H3,(H,21,27)(H,22,24)(H,25,26). The molecule has 1 fully saturated rings. The Morgan fingerprint density at radius 2 is 1.70 bits per heavy atom. The highest BCUT2D eigenvalue weighted by atomic mass is 32.2. The highest BCUT2D eigenvalue weighted by Crippen LogP contribution is 2.25. The second kappa shape index (κ2) is 11.1. The van der Waals surface area contributed by atoms with Crippen molar-refractivity contribution in [3.8, 4) is 0 Å². The van der Waals surface area contributed by atoms with Crippen molar-refractivity contribution in [1.82, 2.24) is 9.62 Å². The van der Waals surface area contributed by atoms with Gasteiger partial charge in [0.1, 0.15) is 0 Å². The molecule has 0 radical (unpaired) electrons. The van der Waals surface area contributed by atoms with Gasteiger partial charge in [-0.15, -0.1) is 0 Å². The number of piperidine rings is 1. The van der Waals surface area contributed by atoms with Crippen LogP contribution in [0.1, 0.15) is 45.4 Å². The van der Waals surface area contributed by atoms with Gasteiger partial charge >= 0.3 is 5.97 Å². The van der Waals surface area contributed by atoms with Crippen LogP contribution in [0, 0.1) is 5.92 Å². The second-order valence-electron chi connectivity index (χ2n) is 7.38. The van der Waals surface area contributed by atoms with Crippen molar-refractivity contribution in [2.24, 2.45) is 5.92 Å². The molecule has 1 aliphatic heterocycles. The summed E-state index contributed by atoms with van der Waals surface area (Å²) in [6.45, 7) is 2.42. The molecule has 0 saturated carbocycles. The number of rotatable bonds is 10. The van der Waals surface area contributed by atoms with Crippen molar-refractivity contribution in [3.05, 3.63) is 24.3 Å². The summed E-state index contributed by atoms with van der Waals surface area (Å²) in [4.78, 5) is 34.0. The van der Waals surface area contributed by atoms with E-state index in [4.69, 9.17) is 5.11 Å². The van der Waals surface area contributed by atoms with Gasteiger partial charge in [-0.1, -0.05) is 6.42 Å². The van der Waals surface area contributed by atoms with Crippen LogP contribution in [0.15, 0.2) is 29.2 Å². The molecule has 2 rings (SSSR count). The van der Waals surface area contributed by atoms with Crippen molar-refractivity contribution >= 4 is 33.5 Å². The van der Waals surface area contributed by atoms with E-state index in [0.717, 1.165) is 12.8 Å². The van der Waals surface area contributed by atoms with Crippen molar-refractivity contribution < 1.29 is 27.9 Å². The lowest BCUT2D eigenvalue weighted by molar-refractivity contribution is -0.137. The van der Waals surface area contributed by atoms with Crippen LogP contribution in [0.4, 0.5) is 5.69 Å². The van der Waals surface area contributed by atoms with Crippen molar-refractivity contribution in [1.29, 1.82) is 0 Å². The number of anilines is 1.